The molecule has 40 unspecified atom stereocenters. The molecule has 0 aromatic heterocycles. The van der Waals surface area contributed by atoms with Gasteiger partial charge in [-0.1, -0.05) is 0 Å². The van der Waals surface area contributed by atoms with Crippen molar-refractivity contribution in [3.05, 3.63) is 0 Å². The van der Waals surface area contributed by atoms with Gasteiger partial charge in [-0.15, -0.1) is 0 Å². The molecule has 4 amide bonds. The lowest BCUT2D eigenvalue weighted by molar-refractivity contribution is -0.441. The van der Waals surface area contributed by atoms with Gasteiger partial charge < -0.3 is 208 Å². The second-order valence-corrected chi connectivity index (χ2v) is 44.3. The molecular weight excluding hydrogens is 1890 g/mol. The van der Waals surface area contributed by atoms with Gasteiger partial charge in [0.2, 0.25) is 23.6 Å². The minimum Gasteiger partial charge on any atom is -0.547 e. The second-order valence-electron chi connectivity index (χ2n) is 44.3. The van der Waals surface area contributed by atoms with E-state index in [1.807, 2.05) is 0 Å². The summed E-state index contributed by atoms with van der Waals surface area (Å²) in [6.07, 6.45) is -16.8. The zero-order chi connectivity index (χ0) is 112. The third-order valence-corrected chi connectivity index (χ3v) is 36.0. The molecule has 0 aromatic rings. The van der Waals surface area contributed by atoms with E-state index in [1.165, 1.54) is 264 Å². The van der Waals surface area contributed by atoms with E-state index < -0.39 is 305 Å². The lowest BCUT2D eigenvalue weighted by Gasteiger charge is -2.66. The number of aliphatic hydroxyl groups excluding tert-OH is 8. The molecule has 48 heteroatoms. The number of aliphatic hydroxyl groups is 16. The zero-order valence-corrected chi connectivity index (χ0v) is 90.3. The number of amides is 4. The molecule has 8 aliphatic heterocycles. The van der Waals surface area contributed by atoms with Crippen LogP contribution < -0.4 is 31.5 Å². The summed E-state index contributed by atoms with van der Waals surface area (Å²) in [6, 6.07) is 0. The van der Waals surface area contributed by atoms with Crippen LogP contribution in [0.25, 0.3) is 0 Å². The summed E-state index contributed by atoms with van der Waals surface area (Å²) in [5.74, 6) is -7.44. The van der Waals surface area contributed by atoms with Crippen LogP contribution >= 0.6 is 0 Å². The normalized spacial score (nSPS) is 52.1. The van der Waals surface area contributed by atoms with Crippen molar-refractivity contribution in [2.75, 3.05) is 69.1 Å². The number of carbonyl (C=O) groups is 8. The van der Waals surface area contributed by atoms with Crippen LogP contribution in [-0.2, 0) is 124 Å². The number of esters is 2. The van der Waals surface area contributed by atoms with E-state index in [-0.39, 0.29) is 0 Å². The van der Waals surface area contributed by atoms with Gasteiger partial charge in [-0.2, -0.15) is 0 Å². The lowest BCUT2D eigenvalue weighted by Crippen LogP contribution is -2.87. The molecule has 0 radical (unpaired) electrons. The number of carboxylic acid groups (broad SMARTS) is 2. The maximum Gasteiger partial charge on any atom is 0.341 e. The summed E-state index contributed by atoms with van der Waals surface area (Å²) < 4.78 is 106. The quantitative estimate of drug-likeness (QED) is 0.0401. The highest BCUT2D eigenvalue weighted by molar-refractivity contribution is 5.83. The van der Waals surface area contributed by atoms with E-state index >= 15 is 0 Å². The van der Waals surface area contributed by atoms with Gasteiger partial charge >= 0.3 is 11.9 Å². The summed E-state index contributed by atoms with van der Waals surface area (Å²) in [4.78, 5) is 100. The Bertz CT molecular complexity index is 4320. The SMILES string of the molecule is COC(=O)C1(C)OC(C)C(C)(O)C(C)(O)C1(C)OC1OC(C)(CO)C(O)C(C)(OC)C1(C)NC(C)=O.COC(=O)C1(C)OC(C)C(C)(O)C(C)(O)C1(C)OC1OC(C)(CO)C(O)C(C)(OC)C1(C)NC(C)=O.COC1(C)C(O)C(C)(CO)OC(OC2(C)C(C)(C(=O)[O-])OC(C)C(C)(O)C2(C)O)C1(C)NC(C)=O.COC1(C)C(O)C(C)(CO)OC(OC2(C)C(C)(C(=O)[O-])OC(C)C(C)(O)C2(C)O)C1(C)NC(C)=O. The molecule has 0 spiro atoms. The minimum atomic E-state index is -2.34. The number of nitrogens with one attached hydrogen (secondary N) is 4. The number of hydrogen-bond donors (Lipinski definition) is 20. The maximum absolute atomic E-state index is 13.1. The molecule has 0 aromatic carbocycles. The van der Waals surface area contributed by atoms with Crippen molar-refractivity contribution in [1.29, 1.82) is 0 Å². The highest BCUT2D eigenvalue weighted by Gasteiger charge is 2.83. The first kappa shape index (κ1) is 127. The van der Waals surface area contributed by atoms with Gasteiger partial charge in [0.1, 0.15) is 170 Å². The molecule has 8 rings (SSSR count). The van der Waals surface area contributed by atoms with Crippen molar-refractivity contribution >= 4 is 47.5 Å². The Kier molecular flexibility index (Phi) is 35.5. The molecular formula is C94H166N4O44-2. The number of carboxylic acids is 2. The fourth-order valence-electron chi connectivity index (χ4n) is 21.5. The van der Waals surface area contributed by atoms with Crippen molar-refractivity contribution in [3.63, 3.8) is 0 Å². The van der Waals surface area contributed by atoms with Gasteiger partial charge in [0, 0.05) is 56.1 Å². The fraction of sp³-hybridized carbons (Fsp3) is 0.915. The van der Waals surface area contributed by atoms with Crippen molar-refractivity contribution in [1.82, 2.24) is 21.3 Å². The molecule has 142 heavy (non-hydrogen) atoms. The van der Waals surface area contributed by atoms with Crippen molar-refractivity contribution in [2.24, 2.45) is 0 Å². The van der Waals surface area contributed by atoms with Crippen LogP contribution in [0.2, 0.25) is 0 Å². The van der Waals surface area contributed by atoms with Gasteiger partial charge in [-0.05, 0) is 222 Å². The topological polar surface area (TPSA) is 721 Å². The fourth-order valence-corrected chi connectivity index (χ4v) is 21.5. The third-order valence-electron chi connectivity index (χ3n) is 36.0. The smallest absolute Gasteiger partial charge is 0.341 e. The average molecular weight is 2060 g/mol. The molecule has 8 heterocycles. The first-order chi connectivity index (χ1) is 63.4. The molecule has 8 saturated heterocycles. The highest BCUT2D eigenvalue weighted by atomic mass is 16.8. The monoisotopic (exact) mass is 2060 g/mol. The Morgan fingerprint density at radius 3 is 0.549 bits per heavy atom. The average Bonchev–Trinajstić information content (AvgIpc) is 0.688. The Morgan fingerprint density at radius 2 is 0.423 bits per heavy atom. The first-order valence-corrected chi connectivity index (χ1v) is 46.4. The van der Waals surface area contributed by atoms with Crippen LogP contribution in [0, 0.1) is 0 Å². The summed E-state index contributed by atoms with van der Waals surface area (Å²) in [5, 5.41) is 213. The van der Waals surface area contributed by atoms with Crippen LogP contribution in [-0.4, -0.2) is 429 Å². The number of methoxy groups -OCH3 is 6. The van der Waals surface area contributed by atoms with Crippen LogP contribution in [0.15, 0.2) is 0 Å². The van der Waals surface area contributed by atoms with Gasteiger partial charge in [0.15, 0.2) is 36.4 Å². The summed E-state index contributed by atoms with van der Waals surface area (Å²) in [6.45, 7) is 45.7. The molecule has 0 aliphatic carbocycles. The highest BCUT2D eigenvalue weighted by Crippen LogP contribution is 2.62. The largest absolute Gasteiger partial charge is 0.547 e. The van der Waals surface area contributed by atoms with E-state index in [1.54, 1.807) is 0 Å². The summed E-state index contributed by atoms with van der Waals surface area (Å²) in [7, 11) is 7.48. The molecule has 20 N–H and O–H groups in total. The molecule has 828 valence electrons. The molecule has 0 bridgehead atoms. The predicted octanol–water partition coefficient (Wildman–Crippen LogP) is -5.32. The van der Waals surface area contributed by atoms with Gasteiger partial charge in [-0.3, -0.25) is 19.2 Å². The number of aliphatic carboxylic acids is 2. The van der Waals surface area contributed by atoms with E-state index in [0.717, 1.165) is 28.1 Å². The minimum absolute atomic E-state index is 0.522. The van der Waals surface area contributed by atoms with Crippen LogP contribution in [0.4, 0.5) is 0 Å². The van der Waals surface area contributed by atoms with Gasteiger partial charge in [0.05, 0.1) is 77.0 Å². The molecule has 48 nitrogen and oxygen atoms in total. The van der Waals surface area contributed by atoms with Crippen molar-refractivity contribution in [2.45, 2.75) is 480 Å². The maximum atomic E-state index is 13.1. The second kappa shape index (κ2) is 39.7. The summed E-state index contributed by atoms with van der Waals surface area (Å²) >= 11 is 0. The van der Waals surface area contributed by atoms with Gasteiger partial charge in [-0.25, -0.2) is 9.59 Å². The molecule has 40 atom stereocenters. The predicted molar refractivity (Wildman–Crippen MR) is 489 cm³/mol. The van der Waals surface area contributed by atoms with E-state index in [9.17, 15) is 130 Å². The Hall–Kier alpha value is -5.52. The first-order valence-electron chi connectivity index (χ1n) is 46.4. The van der Waals surface area contributed by atoms with Crippen molar-refractivity contribution < 1.29 is 216 Å². The Labute approximate surface area is 829 Å². The van der Waals surface area contributed by atoms with Gasteiger partial charge in [0.25, 0.3) is 0 Å². The lowest BCUT2D eigenvalue weighted by atomic mass is 9.61. The van der Waals surface area contributed by atoms with E-state index in [4.69, 9.17) is 85.3 Å². The number of hydrogen-bond acceptors (Lipinski definition) is 44. The van der Waals surface area contributed by atoms with Crippen LogP contribution in [0.5, 0.6) is 0 Å². The molecule has 0 saturated carbocycles. The number of ether oxygens (including phenoxy) is 18. The van der Waals surface area contributed by atoms with E-state index in [2.05, 4.69) is 21.3 Å². The zero-order valence-electron chi connectivity index (χ0n) is 90.3. The Morgan fingerprint density at radius 1 is 0.275 bits per heavy atom. The Balaban J connectivity index is 0.000000334. The number of rotatable bonds is 24. The van der Waals surface area contributed by atoms with Crippen molar-refractivity contribution in [3.8, 4) is 0 Å². The van der Waals surface area contributed by atoms with E-state index in [0.29, 0.717) is 0 Å². The third kappa shape index (κ3) is 17.8. The summed E-state index contributed by atoms with van der Waals surface area (Å²) in [5.41, 5.74) is -54.4. The standard InChI is InChI=1S/2C24H43NO11.2C23H41NO11/c2*1-13-20(5,30)23(8,31)24(9,22(7,34-13)16(29)32-10)36-17-19(4,25-14(2)27)21(6,33-11)15(28)18(3,12-26)35-17;2*1-12-19(5,30)22(8,31)23(9,21(7,33-12)15(28)29)35-16-18(4,24-13(2)26)20(6,32-10)14(27)17(3,11-25)34-16/h2*13,15,17,26,28,30-31H,12H2,1-11H3,(H,25,27);2*12,14,16,25,27,30-31H,11H2,1-10H3,(H,24,26)(H,28,29)/p-2. The van der Waals surface area contributed by atoms with Crippen LogP contribution in [0.3, 0.4) is 0 Å². The molecule has 8 aliphatic rings. The van der Waals surface area contributed by atoms with Crippen LogP contribution in [0.1, 0.15) is 249 Å². The number of carbonyl (C=O) groups excluding carboxylic acids is 8. The molecule has 8 fully saturated rings.